The SMILES string of the molecule is Cc1cc(C)nc(N2CC[C@H]3[C@@H](C2)CN(C(=O)O)[C@@H]3C)n1. The Morgan fingerprint density at radius 3 is 2.57 bits per heavy atom. The Hall–Kier alpha value is -1.85. The standard InChI is InChI=1S/C15H22N4O2/c1-9-6-10(2)17-14(16-9)18-5-4-13-11(3)19(15(20)21)8-12(13)7-18/h6,11-13H,4-5,7-8H2,1-3H3,(H,20,21)/t11-,12+,13-/m1/s1. The summed E-state index contributed by atoms with van der Waals surface area (Å²) in [4.78, 5) is 24.1. The molecule has 2 fully saturated rings. The molecule has 1 amide bonds. The molecule has 0 spiro atoms. The van der Waals surface area contributed by atoms with Crippen molar-refractivity contribution < 1.29 is 9.90 Å². The number of nitrogens with zero attached hydrogens (tertiary/aromatic N) is 4. The van der Waals surface area contributed by atoms with Crippen LogP contribution in [0.3, 0.4) is 0 Å². The van der Waals surface area contributed by atoms with Crippen molar-refractivity contribution in [2.45, 2.75) is 33.2 Å². The second-order valence-corrected chi connectivity index (χ2v) is 6.28. The molecule has 6 heteroatoms. The van der Waals surface area contributed by atoms with Crippen molar-refractivity contribution in [2.24, 2.45) is 11.8 Å². The monoisotopic (exact) mass is 290 g/mol. The van der Waals surface area contributed by atoms with Crippen molar-refractivity contribution >= 4 is 12.0 Å². The van der Waals surface area contributed by atoms with Crippen LogP contribution in [0.5, 0.6) is 0 Å². The van der Waals surface area contributed by atoms with E-state index in [0.717, 1.165) is 36.8 Å². The molecular weight excluding hydrogens is 268 g/mol. The number of hydrogen-bond donors (Lipinski definition) is 1. The topological polar surface area (TPSA) is 69.6 Å². The number of carboxylic acid groups (broad SMARTS) is 1. The minimum absolute atomic E-state index is 0.120. The molecule has 3 heterocycles. The Balaban J connectivity index is 1.77. The average Bonchev–Trinajstić information content (AvgIpc) is 2.75. The molecule has 1 N–H and O–H groups in total. The number of amides is 1. The Kier molecular flexibility index (Phi) is 3.47. The molecule has 2 saturated heterocycles. The highest BCUT2D eigenvalue weighted by molar-refractivity contribution is 5.66. The summed E-state index contributed by atoms with van der Waals surface area (Å²) in [5.74, 6) is 1.63. The van der Waals surface area contributed by atoms with Crippen molar-refractivity contribution in [1.29, 1.82) is 0 Å². The number of piperidine rings is 1. The summed E-state index contributed by atoms with van der Waals surface area (Å²) in [7, 11) is 0. The Labute approximate surface area is 124 Å². The van der Waals surface area contributed by atoms with Crippen LogP contribution in [0.15, 0.2) is 6.07 Å². The number of hydrogen-bond acceptors (Lipinski definition) is 4. The molecule has 114 valence electrons. The smallest absolute Gasteiger partial charge is 0.407 e. The molecule has 0 aliphatic carbocycles. The fraction of sp³-hybridized carbons (Fsp3) is 0.667. The first-order valence-corrected chi connectivity index (χ1v) is 7.52. The van der Waals surface area contributed by atoms with Crippen LogP contribution in [0.4, 0.5) is 10.7 Å². The summed E-state index contributed by atoms with van der Waals surface area (Å²) in [6.45, 7) is 8.37. The molecule has 2 aliphatic rings. The van der Waals surface area contributed by atoms with E-state index in [1.165, 1.54) is 0 Å². The highest BCUT2D eigenvalue weighted by atomic mass is 16.4. The summed E-state index contributed by atoms with van der Waals surface area (Å²) < 4.78 is 0. The highest BCUT2D eigenvalue weighted by Crippen LogP contribution is 2.36. The third kappa shape index (κ3) is 2.54. The number of fused-ring (bicyclic) bond motifs is 1. The van der Waals surface area contributed by atoms with E-state index in [1.807, 2.05) is 26.8 Å². The largest absolute Gasteiger partial charge is 0.465 e. The lowest BCUT2D eigenvalue weighted by atomic mass is 9.85. The van der Waals surface area contributed by atoms with Crippen LogP contribution in [-0.2, 0) is 0 Å². The summed E-state index contributed by atoms with van der Waals surface area (Å²) in [6, 6.07) is 2.09. The lowest BCUT2D eigenvalue weighted by molar-refractivity contribution is 0.138. The van der Waals surface area contributed by atoms with Gasteiger partial charge in [-0.25, -0.2) is 14.8 Å². The van der Waals surface area contributed by atoms with E-state index < -0.39 is 6.09 Å². The van der Waals surface area contributed by atoms with Gasteiger partial charge in [0.1, 0.15) is 0 Å². The van der Waals surface area contributed by atoms with Crippen LogP contribution in [0.25, 0.3) is 0 Å². The van der Waals surface area contributed by atoms with Gasteiger partial charge in [-0.1, -0.05) is 0 Å². The van der Waals surface area contributed by atoms with E-state index in [0.29, 0.717) is 18.4 Å². The molecule has 0 unspecified atom stereocenters. The molecule has 6 nitrogen and oxygen atoms in total. The minimum atomic E-state index is -0.800. The number of rotatable bonds is 1. The zero-order chi connectivity index (χ0) is 15.1. The normalized spacial score (nSPS) is 28.6. The third-order valence-corrected chi connectivity index (χ3v) is 4.83. The molecule has 3 atom stereocenters. The molecule has 0 saturated carbocycles. The predicted molar refractivity (Wildman–Crippen MR) is 79.5 cm³/mol. The average molecular weight is 290 g/mol. The van der Waals surface area contributed by atoms with Crippen molar-refractivity contribution in [1.82, 2.24) is 14.9 Å². The zero-order valence-electron chi connectivity index (χ0n) is 12.8. The summed E-state index contributed by atoms with van der Waals surface area (Å²) in [5.41, 5.74) is 1.96. The molecule has 3 rings (SSSR count). The summed E-state index contributed by atoms with van der Waals surface area (Å²) >= 11 is 0. The van der Waals surface area contributed by atoms with Crippen molar-refractivity contribution in [3.63, 3.8) is 0 Å². The molecule has 21 heavy (non-hydrogen) atoms. The molecule has 0 aromatic carbocycles. The third-order valence-electron chi connectivity index (χ3n) is 4.83. The van der Waals surface area contributed by atoms with Gasteiger partial charge in [0.2, 0.25) is 5.95 Å². The first-order valence-electron chi connectivity index (χ1n) is 7.52. The molecule has 2 aliphatic heterocycles. The van der Waals surface area contributed by atoms with E-state index in [1.54, 1.807) is 4.90 Å². The molecule has 0 radical (unpaired) electrons. The van der Waals surface area contributed by atoms with Gasteiger partial charge in [-0.2, -0.15) is 0 Å². The lowest BCUT2D eigenvalue weighted by Gasteiger charge is -2.35. The highest BCUT2D eigenvalue weighted by Gasteiger charge is 2.44. The van der Waals surface area contributed by atoms with E-state index >= 15 is 0 Å². The molecule has 0 bridgehead atoms. The van der Waals surface area contributed by atoms with Gasteiger partial charge in [0.15, 0.2) is 0 Å². The van der Waals surface area contributed by atoms with E-state index in [2.05, 4.69) is 14.9 Å². The number of aromatic nitrogens is 2. The number of aryl methyl sites for hydroxylation is 2. The molecule has 1 aromatic heterocycles. The lowest BCUT2D eigenvalue weighted by Crippen LogP contribution is -2.42. The van der Waals surface area contributed by atoms with Gasteiger partial charge >= 0.3 is 6.09 Å². The van der Waals surface area contributed by atoms with E-state index in [4.69, 9.17) is 0 Å². The Morgan fingerprint density at radius 1 is 1.29 bits per heavy atom. The van der Waals surface area contributed by atoms with Crippen LogP contribution >= 0.6 is 0 Å². The van der Waals surface area contributed by atoms with Gasteiger partial charge in [-0.15, -0.1) is 0 Å². The number of anilines is 1. The van der Waals surface area contributed by atoms with Gasteiger partial charge in [-0.05, 0) is 45.1 Å². The number of likely N-dealkylation sites (tertiary alicyclic amines) is 1. The summed E-state index contributed by atoms with van der Waals surface area (Å²) in [5, 5.41) is 9.27. The maximum absolute atomic E-state index is 11.3. The maximum Gasteiger partial charge on any atom is 0.407 e. The van der Waals surface area contributed by atoms with Gasteiger partial charge in [0, 0.05) is 37.1 Å². The van der Waals surface area contributed by atoms with Crippen LogP contribution in [-0.4, -0.2) is 51.7 Å². The second kappa shape index (κ2) is 5.16. The van der Waals surface area contributed by atoms with Gasteiger partial charge in [-0.3, -0.25) is 0 Å². The van der Waals surface area contributed by atoms with E-state index in [9.17, 15) is 9.90 Å². The number of carbonyl (C=O) groups is 1. The van der Waals surface area contributed by atoms with Crippen molar-refractivity contribution in [3.05, 3.63) is 17.5 Å². The fourth-order valence-electron chi connectivity index (χ4n) is 3.81. The second-order valence-electron chi connectivity index (χ2n) is 6.28. The maximum atomic E-state index is 11.3. The van der Waals surface area contributed by atoms with Gasteiger partial charge in [0.25, 0.3) is 0 Å². The zero-order valence-corrected chi connectivity index (χ0v) is 12.8. The molecule has 1 aromatic rings. The minimum Gasteiger partial charge on any atom is -0.465 e. The Morgan fingerprint density at radius 2 is 1.95 bits per heavy atom. The predicted octanol–water partition coefficient (Wildman–Crippen LogP) is 1.92. The van der Waals surface area contributed by atoms with Crippen LogP contribution < -0.4 is 4.90 Å². The summed E-state index contributed by atoms with van der Waals surface area (Å²) in [6.07, 6.45) is 0.206. The van der Waals surface area contributed by atoms with Crippen LogP contribution in [0.1, 0.15) is 24.7 Å². The van der Waals surface area contributed by atoms with Crippen LogP contribution in [0.2, 0.25) is 0 Å². The molecular formula is C15H22N4O2. The van der Waals surface area contributed by atoms with Gasteiger partial charge in [0.05, 0.1) is 0 Å². The first kappa shape index (κ1) is 14.1. The first-order chi connectivity index (χ1) is 9.95. The van der Waals surface area contributed by atoms with Crippen LogP contribution in [0, 0.1) is 25.7 Å². The Bertz CT molecular complexity index is 542. The van der Waals surface area contributed by atoms with Gasteiger partial charge < -0.3 is 14.9 Å². The quantitative estimate of drug-likeness (QED) is 0.855. The van der Waals surface area contributed by atoms with E-state index in [-0.39, 0.29) is 6.04 Å². The van der Waals surface area contributed by atoms with Crippen molar-refractivity contribution in [2.75, 3.05) is 24.5 Å². The van der Waals surface area contributed by atoms with Crippen molar-refractivity contribution in [3.8, 4) is 0 Å². The fourth-order valence-corrected chi connectivity index (χ4v) is 3.81.